The molecule has 7 nitrogen and oxygen atoms in total. The molecule has 0 unspecified atom stereocenters. The van der Waals surface area contributed by atoms with Gasteiger partial charge >= 0.3 is 0 Å². The van der Waals surface area contributed by atoms with Crippen LogP contribution in [0, 0.1) is 10.1 Å². The normalized spacial score (nSPS) is 14.1. The van der Waals surface area contributed by atoms with Gasteiger partial charge in [0.15, 0.2) is 0 Å². The number of hydrogen-bond acceptors (Lipinski definition) is 5. The number of non-ortho nitro benzene ring substituents is 1. The number of morpholine rings is 1. The highest BCUT2D eigenvalue weighted by atomic mass is 35.5. The summed E-state index contributed by atoms with van der Waals surface area (Å²) >= 11 is 6.19. The molecule has 0 radical (unpaired) electrons. The molecule has 1 amide bonds. The second-order valence-corrected chi connectivity index (χ2v) is 6.72. The number of halogens is 1. The fourth-order valence-corrected chi connectivity index (χ4v) is 3.24. The molecule has 27 heavy (non-hydrogen) atoms. The summed E-state index contributed by atoms with van der Waals surface area (Å²) in [6.07, 6.45) is 0. The minimum Gasteiger partial charge on any atom is -0.378 e. The lowest BCUT2D eigenvalue weighted by atomic mass is 10.1. The van der Waals surface area contributed by atoms with Crippen LogP contribution in [0.4, 0.5) is 11.4 Å². The van der Waals surface area contributed by atoms with E-state index in [1.165, 1.54) is 17.0 Å². The van der Waals surface area contributed by atoms with Crippen LogP contribution in [-0.4, -0.2) is 49.1 Å². The van der Waals surface area contributed by atoms with Gasteiger partial charge in [-0.3, -0.25) is 14.9 Å². The van der Waals surface area contributed by atoms with Gasteiger partial charge in [0.2, 0.25) is 0 Å². The molecule has 0 bridgehead atoms. The summed E-state index contributed by atoms with van der Waals surface area (Å²) in [4.78, 5) is 27.3. The summed E-state index contributed by atoms with van der Waals surface area (Å²) in [5.41, 5.74) is 1.69. The number of hydrogen-bond donors (Lipinski definition) is 0. The van der Waals surface area contributed by atoms with Crippen molar-refractivity contribution < 1.29 is 14.5 Å². The number of anilines is 1. The van der Waals surface area contributed by atoms with Gasteiger partial charge in [-0.25, -0.2) is 0 Å². The molecule has 0 N–H and O–H groups in total. The van der Waals surface area contributed by atoms with E-state index in [1.54, 1.807) is 19.2 Å². The van der Waals surface area contributed by atoms with Gasteiger partial charge in [0.1, 0.15) is 0 Å². The lowest BCUT2D eigenvalue weighted by Gasteiger charge is -2.31. The molecule has 1 heterocycles. The van der Waals surface area contributed by atoms with Crippen LogP contribution < -0.4 is 4.90 Å². The van der Waals surface area contributed by atoms with Crippen molar-refractivity contribution >= 4 is 28.9 Å². The van der Waals surface area contributed by atoms with E-state index in [1.807, 2.05) is 23.1 Å². The number of nitro benzene ring substituents is 1. The van der Waals surface area contributed by atoms with Crippen LogP contribution in [0.1, 0.15) is 15.9 Å². The Morgan fingerprint density at radius 2 is 1.96 bits per heavy atom. The van der Waals surface area contributed by atoms with Crippen LogP contribution in [0.3, 0.4) is 0 Å². The van der Waals surface area contributed by atoms with E-state index < -0.39 is 4.92 Å². The van der Waals surface area contributed by atoms with Gasteiger partial charge in [0.25, 0.3) is 11.6 Å². The Morgan fingerprint density at radius 1 is 1.26 bits per heavy atom. The Balaban J connectivity index is 1.92. The molecule has 3 rings (SSSR count). The fourth-order valence-electron chi connectivity index (χ4n) is 3.05. The second-order valence-electron chi connectivity index (χ2n) is 6.31. The lowest BCUT2D eigenvalue weighted by molar-refractivity contribution is -0.384. The van der Waals surface area contributed by atoms with Gasteiger partial charge in [-0.15, -0.1) is 0 Å². The molecule has 1 aliphatic rings. The minimum absolute atomic E-state index is 0.110. The van der Waals surface area contributed by atoms with Crippen molar-refractivity contribution in [1.82, 2.24) is 4.90 Å². The summed E-state index contributed by atoms with van der Waals surface area (Å²) in [5.74, 6) is -0.292. The zero-order valence-corrected chi connectivity index (χ0v) is 15.7. The fraction of sp³-hybridized carbons (Fsp3) is 0.316. The summed E-state index contributed by atoms with van der Waals surface area (Å²) < 4.78 is 5.36. The van der Waals surface area contributed by atoms with E-state index in [4.69, 9.17) is 16.3 Å². The number of carbonyl (C=O) groups excluding carboxylic acids is 1. The third kappa shape index (κ3) is 4.37. The molecule has 0 aliphatic carbocycles. The third-order valence-corrected chi connectivity index (χ3v) is 4.85. The minimum atomic E-state index is -0.492. The summed E-state index contributed by atoms with van der Waals surface area (Å²) in [5, 5.41) is 11.8. The molecule has 0 saturated carbocycles. The van der Waals surface area contributed by atoms with E-state index in [-0.39, 0.29) is 11.6 Å². The third-order valence-electron chi connectivity index (χ3n) is 4.49. The first-order valence-electron chi connectivity index (χ1n) is 8.57. The Hall–Kier alpha value is -2.64. The topological polar surface area (TPSA) is 75.9 Å². The van der Waals surface area contributed by atoms with Crippen molar-refractivity contribution in [2.45, 2.75) is 6.54 Å². The van der Waals surface area contributed by atoms with E-state index in [0.29, 0.717) is 49.1 Å². The molecular weight excluding hydrogens is 370 g/mol. The quantitative estimate of drug-likeness (QED) is 0.579. The number of carbonyl (C=O) groups is 1. The smallest absolute Gasteiger partial charge is 0.270 e. The molecule has 0 atom stereocenters. The molecule has 0 aromatic heterocycles. The Bertz CT molecular complexity index is 853. The van der Waals surface area contributed by atoms with Gasteiger partial charge < -0.3 is 14.5 Å². The highest BCUT2D eigenvalue weighted by Crippen LogP contribution is 2.28. The van der Waals surface area contributed by atoms with Crippen LogP contribution in [0.2, 0.25) is 5.02 Å². The number of rotatable bonds is 5. The Morgan fingerprint density at radius 3 is 2.63 bits per heavy atom. The van der Waals surface area contributed by atoms with Crippen molar-refractivity contribution in [3.8, 4) is 0 Å². The van der Waals surface area contributed by atoms with Gasteiger partial charge in [-0.1, -0.05) is 29.8 Å². The maximum absolute atomic E-state index is 13.1. The predicted octanol–water partition coefficient (Wildman–Crippen LogP) is 3.36. The van der Waals surface area contributed by atoms with Gasteiger partial charge in [-0.05, 0) is 17.7 Å². The van der Waals surface area contributed by atoms with Crippen molar-refractivity contribution in [2.75, 3.05) is 38.3 Å². The van der Waals surface area contributed by atoms with Crippen LogP contribution >= 0.6 is 11.6 Å². The standard InChI is InChI=1S/C19H20ClN3O4/c1-21(13-14-4-2-3-5-17(14)20)19(24)16-12-15(23(25)26)6-7-18(16)22-8-10-27-11-9-22/h2-7,12H,8-11,13H2,1H3. The molecule has 1 aliphatic heterocycles. The SMILES string of the molecule is CN(Cc1ccccc1Cl)C(=O)c1cc([N+](=O)[O-])ccc1N1CCOCC1. The average Bonchev–Trinajstić information content (AvgIpc) is 2.69. The molecular formula is C19H20ClN3O4. The molecule has 142 valence electrons. The van der Waals surface area contributed by atoms with Crippen molar-refractivity contribution in [1.29, 1.82) is 0 Å². The first kappa shape index (κ1) is 19.1. The van der Waals surface area contributed by atoms with Crippen LogP contribution in [0.5, 0.6) is 0 Å². The van der Waals surface area contributed by atoms with Crippen LogP contribution in [0.15, 0.2) is 42.5 Å². The van der Waals surface area contributed by atoms with Crippen molar-refractivity contribution in [3.05, 3.63) is 68.7 Å². The Kier molecular flexibility index (Phi) is 5.93. The molecule has 8 heteroatoms. The first-order chi connectivity index (χ1) is 13.0. The summed E-state index contributed by atoms with van der Waals surface area (Å²) in [6.45, 7) is 2.68. The number of benzene rings is 2. The van der Waals surface area contributed by atoms with Gasteiger partial charge in [0, 0.05) is 43.8 Å². The van der Waals surface area contributed by atoms with E-state index in [0.717, 1.165) is 5.56 Å². The highest BCUT2D eigenvalue weighted by molar-refractivity contribution is 6.31. The van der Waals surface area contributed by atoms with Crippen molar-refractivity contribution in [2.24, 2.45) is 0 Å². The van der Waals surface area contributed by atoms with Crippen molar-refractivity contribution in [3.63, 3.8) is 0 Å². The van der Waals surface area contributed by atoms with E-state index >= 15 is 0 Å². The second kappa shape index (κ2) is 8.37. The van der Waals surface area contributed by atoms with E-state index in [2.05, 4.69) is 0 Å². The molecule has 2 aromatic carbocycles. The monoisotopic (exact) mass is 389 g/mol. The number of amides is 1. The zero-order chi connectivity index (χ0) is 19.4. The summed E-state index contributed by atoms with van der Waals surface area (Å²) in [7, 11) is 1.66. The highest BCUT2D eigenvalue weighted by Gasteiger charge is 2.24. The molecule has 0 spiro atoms. The first-order valence-corrected chi connectivity index (χ1v) is 8.95. The maximum atomic E-state index is 13.1. The molecule has 1 saturated heterocycles. The largest absolute Gasteiger partial charge is 0.378 e. The number of ether oxygens (including phenoxy) is 1. The average molecular weight is 390 g/mol. The lowest BCUT2D eigenvalue weighted by Crippen LogP contribution is -2.38. The van der Waals surface area contributed by atoms with Gasteiger partial charge in [0.05, 0.1) is 29.4 Å². The predicted molar refractivity (Wildman–Crippen MR) is 103 cm³/mol. The maximum Gasteiger partial charge on any atom is 0.270 e. The number of nitrogens with zero attached hydrogens (tertiary/aromatic N) is 3. The summed E-state index contributed by atoms with van der Waals surface area (Å²) in [6, 6.07) is 11.7. The van der Waals surface area contributed by atoms with Crippen LogP contribution in [-0.2, 0) is 11.3 Å². The van der Waals surface area contributed by atoms with E-state index in [9.17, 15) is 14.9 Å². The molecule has 2 aromatic rings. The number of nitro groups is 1. The van der Waals surface area contributed by atoms with Gasteiger partial charge in [-0.2, -0.15) is 0 Å². The Labute approximate surface area is 162 Å². The zero-order valence-electron chi connectivity index (χ0n) is 14.9. The molecule has 1 fully saturated rings. The van der Waals surface area contributed by atoms with Crippen LogP contribution in [0.25, 0.3) is 0 Å².